The Morgan fingerprint density at radius 3 is 2.68 bits per heavy atom. The number of nitrogens with zero attached hydrogens (tertiary/aromatic N) is 2. The van der Waals surface area contributed by atoms with E-state index < -0.39 is 0 Å². The van der Waals surface area contributed by atoms with E-state index in [4.69, 9.17) is 14.2 Å². The molecule has 2 aromatic rings. The largest absolute Gasteiger partial charge is 0.454 e. The highest BCUT2D eigenvalue weighted by molar-refractivity contribution is 5.97. The summed E-state index contributed by atoms with van der Waals surface area (Å²) in [6.07, 6.45) is -0.256. The van der Waals surface area contributed by atoms with Gasteiger partial charge < -0.3 is 24.0 Å². The predicted molar refractivity (Wildman–Crippen MR) is 101 cm³/mol. The van der Waals surface area contributed by atoms with Crippen LogP contribution in [0.5, 0.6) is 11.5 Å². The molecule has 7 nitrogen and oxygen atoms in total. The number of hydrogen-bond acceptors (Lipinski definition) is 5. The van der Waals surface area contributed by atoms with Crippen molar-refractivity contribution in [2.75, 3.05) is 33.5 Å². The van der Waals surface area contributed by atoms with Crippen LogP contribution in [-0.2, 0) is 16.1 Å². The van der Waals surface area contributed by atoms with Crippen molar-refractivity contribution >= 4 is 11.8 Å². The smallest absolute Gasteiger partial charge is 0.254 e. The lowest BCUT2D eigenvalue weighted by Crippen LogP contribution is -2.39. The van der Waals surface area contributed by atoms with Crippen LogP contribution < -0.4 is 9.47 Å². The molecule has 2 aliphatic heterocycles. The Kier molecular flexibility index (Phi) is 5.16. The second-order valence-corrected chi connectivity index (χ2v) is 6.87. The first-order valence-corrected chi connectivity index (χ1v) is 9.17. The minimum atomic E-state index is -0.256. The monoisotopic (exact) mass is 382 g/mol. The lowest BCUT2D eigenvalue weighted by atomic mass is 10.1. The summed E-state index contributed by atoms with van der Waals surface area (Å²) >= 11 is 0. The van der Waals surface area contributed by atoms with Gasteiger partial charge in [-0.15, -0.1) is 0 Å². The second kappa shape index (κ2) is 7.90. The van der Waals surface area contributed by atoms with E-state index in [0.717, 1.165) is 5.56 Å². The highest BCUT2D eigenvalue weighted by Gasteiger charge is 2.31. The van der Waals surface area contributed by atoms with Crippen LogP contribution in [0, 0.1) is 0 Å². The minimum absolute atomic E-state index is 0.0139. The molecule has 0 spiro atoms. The number of benzene rings is 2. The summed E-state index contributed by atoms with van der Waals surface area (Å²) in [7, 11) is 1.60. The maximum Gasteiger partial charge on any atom is 0.254 e. The van der Waals surface area contributed by atoms with Gasteiger partial charge in [-0.2, -0.15) is 0 Å². The molecule has 7 heteroatoms. The van der Waals surface area contributed by atoms with Crippen LogP contribution >= 0.6 is 0 Å². The van der Waals surface area contributed by atoms with Crippen molar-refractivity contribution < 1.29 is 23.8 Å². The van der Waals surface area contributed by atoms with Gasteiger partial charge in [0, 0.05) is 32.3 Å². The number of rotatable bonds is 4. The fourth-order valence-corrected chi connectivity index (χ4v) is 3.45. The molecule has 1 fully saturated rings. The fraction of sp³-hybridized carbons (Fsp3) is 0.333. The number of hydrogen-bond donors (Lipinski definition) is 0. The third-order valence-corrected chi connectivity index (χ3v) is 4.98. The number of ether oxygens (including phenoxy) is 3. The number of carbonyl (C=O) groups excluding carboxylic acids is 2. The van der Waals surface area contributed by atoms with Gasteiger partial charge in [-0.05, 0) is 23.8 Å². The maximum absolute atomic E-state index is 13.0. The second-order valence-electron chi connectivity index (χ2n) is 6.87. The molecule has 1 atom stereocenters. The van der Waals surface area contributed by atoms with Crippen LogP contribution in [0.4, 0.5) is 0 Å². The summed E-state index contributed by atoms with van der Waals surface area (Å²) in [5.41, 5.74) is 1.50. The Bertz CT molecular complexity index is 870. The van der Waals surface area contributed by atoms with Crippen molar-refractivity contribution in [3.63, 3.8) is 0 Å². The highest BCUT2D eigenvalue weighted by Crippen LogP contribution is 2.33. The quantitative estimate of drug-likeness (QED) is 0.808. The molecule has 2 amide bonds. The molecule has 0 bridgehead atoms. The molecule has 0 aliphatic carbocycles. The summed E-state index contributed by atoms with van der Waals surface area (Å²) in [4.78, 5) is 29.2. The van der Waals surface area contributed by atoms with E-state index in [1.54, 1.807) is 35.1 Å². The number of methoxy groups -OCH3 is 1. The molecule has 0 unspecified atom stereocenters. The molecule has 2 aliphatic rings. The molecule has 0 aromatic heterocycles. The highest BCUT2D eigenvalue weighted by atomic mass is 16.7. The molecular formula is C21H22N2O5. The summed E-state index contributed by atoms with van der Waals surface area (Å²) in [5.74, 6) is 0.834. The standard InChI is InChI=1S/C21H22N2O5/c1-26-17-11-22(10-15-5-3-2-4-6-15)20(24)13-23(12-17)21(25)16-7-8-18-19(9-16)28-14-27-18/h2-9,17H,10-14H2,1H3/t17-/m1/s1. The van der Waals surface area contributed by atoms with Gasteiger partial charge in [-0.1, -0.05) is 30.3 Å². The average molecular weight is 382 g/mol. The van der Waals surface area contributed by atoms with E-state index in [9.17, 15) is 9.59 Å². The summed E-state index contributed by atoms with van der Waals surface area (Å²) in [6, 6.07) is 14.9. The molecule has 0 saturated carbocycles. The molecule has 146 valence electrons. The van der Waals surface area contributed by atoms with Gasteiger partial charge in [-0.25, -0.2) is 0 Å². The van der Waals surface area contributed by atoms with E-state index in [0.29, 0.717) is 36.7 Å². The van der Waals surface area contributed by atoms with Gasteiger partial charge in [0.25, 0.3) is 5.91 Å². The van der Waals surface area contributed by atoms with Crippen molar-refractivity contribution in [2.24, 2.45) is 0 Å². The first kappa shape index (κ1) is 18.3. The van der Waals surface area contributed by atoms with E-state index in [2.05, 4.69) is 0 Å². The Hall–Kier alpha value is -3.06. The summed E-state index contributed by atoms with van der Waals surface area (Å²) < 4.78 is 16.2. The van der Waals surface area contributed by atoms with Crippen LogP contribution in [0.2, 0.25) is 0 Å². The van der Waals surface area contributed by atoms with Crippen LogP contribution in [-0.4, -0.2) is 61.3 Å². The number of carbonyl (C=O) groups is 2. The molecule has 0 radical (unpaired) electrons. The van der Waals surface area contributed by atoms with Crippen LogP contribution in [0.25, 0.3) is 0 Å². The predicted octanol–water partition coefficient (Wildman–Crippen LogP) is 1.91. The Morgan fingerprint density at radius 1 is 1.11 bits per heavy atom. The van der Waals surface area contributed by atoms with Gasteiger partial charge in [0.05, 0.1) is 6.10 Å². The van der Waals surface area contributed by atoms with Crippen LogP contribution in [0.1, 0.15) is 15.9 Å². The van der Waals surface area contributed by atoms with Crippen molar-refractivity contribution in [1.82, 2.24) is 9.80 Å². The lowest BCUT2D eigenvalue weighted by molar-refractivity contribution is -0.132. The van der Waals surface area contributed by atoms with Gasteiger partial charge in [0.2, 0.25) is 12.7 Å². The van der Waals surface area contributed by atoms with Gasteiger partial charge in [-0.3, -0.25) is 9.59 Å². The third kappa shape index (κ3) is 3.80. The van der Waals surface area contributed by atoms with Crippen molar-refractivity contribution in [3.8, 4) is 11.5 Å². The third-order valence-electron chi connectivity index (χ3n) is 4.98. The SMILES string of the molecule is CO[C@@H]1CN(Cc2ccccc2)C(=O)CN(C(=O)c2ccc3c(c2)OCO3)C1. The van der Waals surface area contributed by atoms with E-state index >= 15 is 0 Å². The van der Waals surface area contributed by atoms with Crippen molar-refractivity contribution in [1.29, 1.82) is 0 Å². The molecule has 4 rings (SSSR count). The van der Waals surface area contributed by atoms with Gasteiger partial charge in [0.15, 0.2) is 11.5 Å². The molecule has 28 heavy (non-hydrogen) atoms. The topological polar surface area (TPSA) is 68.3 Å². The molecule has 2 aromatic carbocycles. The normalized spacial score (nSPS) is 18.9. The maximum atomic E-state index is 13.0. The summed E-state index contributed by atoms with van der Waals surface area (Å²) in [5, 5.41) is 0. The molecule has 2 heterocycles. The number of fused-ring (bicyclic) bond motifs is 1. The minimum Gasteiger partial charge on any atom is -0.454 e. The zero-order chi connectivity index (χ0) is 19.5. The van der Waals surface area contributed by atoms with E-state index in [1.165, 1.54) is 0 Å². The van der Waals surface area contributed by atoms with E-state index in [1.807, 2.05) is 30.3 Å². The van der Waals surface area contributed by atoms with Crippen LogP contribution in [0.3, 0.4) is 0 Å². The zero-order valence-electron chi connectivity index (χ0n) is 15.7. The zero-order valence-corrected chi connectivity index (χ0v) is 15.7. The Balaban J connectivity index is 1.52. The van der Waals surface area contributed by atoms with Crippen molar-refractivity contribution in [3.05, 3.63) is 59.7 Å². The lowest BCUT2D eigenvalue weighted by Gasteiger charge is -2.23. The first-order valence-electron chi connectivity index (χ1n) is 9.17. The molecule has 0 N–H and O–H groups in total. The van der Waals surface area contributed by atoms with E-state index in [-0.39, 0.29) is 31.3 Å². The fourth-order valence-electron chi connectivity index (χ4n) is 3.45. The average Bonchev–Trinajstić information content (AvgIpc) is 3.13. The van der Waals surface area contributed by atoms with Crippen molar-refractivity contribution in [2.45, 2.75) is 12.6 Å². The first-order chi connectivity index (χ1) is 13.6. The van der Waals surface area contributed by atoms with Gasteiger partial charge >= 0.3 is 0 Å². The summed E-state index contributed by atoms with van der Waals surface area (Å²) in [6.45, 7) is 1.44. The molecular weight excluding hydrogens is 360 g/mol. The molecule has 1 saturated heterocycles. The Labute approximate surface area is 163 Å². The Morgan fingerprint density at radius 2 is 1.89 bits per heavy atom. The van der Waals surface area contributed by atoms with Gasteiger partial charge in [0.1, 0.15) is 6.54 Å². The number of amides is 2. The van der Waals surface area contributed by atoms with Crippen LogP contribution in [0.15, 0.2) is 48.5 Å².